The summed E-state index contributed by atoms with van der Waals surface area (Å²) in [5.41, 5.74) is 1.89. The Morgan fingerprint density at radius 3 is 2.45 bits per heavy atom. The van der Waals surface area contributed by atoms with Crippen LogP contribution in [-0.2, 0) is 24.7 Å². The molecule has 4 amide bonds. The van der Waals surface area contributed by atoms with Crippen molar-refractivity contribution < 1.29 is 23.9 Å². The third-order valence-electron chi connectivity index (χ3n) is 5.23. The van der Waals surface area contributed by atoms with Crippen molar-refractivity contribution in [1.29, 1.82) is 0 Å². The number of imide groups is 1. The van der Waals surface area contributed by atoms with Gasteiger partial charge in [-0.25, -0.2) is 4.79 Å². The number of ether oxygens (including phenoxy) is 1. The molecule has 1 saturated heterocycles. The van der Waals surface area contributed by atoms with Gasteiger partial charge in [-0.15, -0.1) is 0 Å². The van der Waals surface area contributed by atoms with Gasteiger partial charge in [0.15, 0.2) is 6.10 Å². The van der Waals surface area contributed by atoms with E-state index >= 15 is 0 Å². The molecule has 0 spiro atoms. The largest absolute Gasteiger partial charge is 0.451 e. The lowest BCUT2D eigenvalue weighted by atomic mass is 9.92. The fourth-order valence-electron chi connectivity index (χ4n) is 3.41. The lowest BCUT2D eigenvalue weighted by Crippen LogP contribution is -2.42. The van der Waals surface area contributed by atoms with Crippen molar-refractivity contribution in [3.8, 4) is 0 Å². The number of rotatable bonds is 6. The zero-order valence-corrected chi connectivity index (χ0v) is 17.9. The smallest absolute Gasteiger partial charge is 0.327 e. The molecule has 1 aliphatic rings. The van der Waals surface area contributed by atoms with Gasteiger partial charge in [-0.2, -0.15) is 0 Å². The molecule has 0 aliphatic carbocycles. The highest BCUT2D eigenvalue weighted by Gasteiger charge is 2.49. The van der Waals surface area contributed by atoms with Crippen molar-refractivity contribution in [2.45, 2.75) is 39.3 Å². The van der Waals surface area contributed by atoms with Crippen LogP contribution in [0.15, 0.2) is 48.5 Å². The molecule has 0 saturated carbocycles. The molecule has 31 heavy (non-hydrogen) atoms. The lowest BCUT2D eigenvalue weighted by molar-refractivity contribution is -0.155. The highest BCUT2D eigenvalue weighted by atomic mass is 16.5. The van der Waals surface area contributed by atoms with E-state index < -0.39 is 42.0 Å². The average Bonchev–Trinajstić information content (AvgIpc) is 2.94. The number of anilines is 1. The van der Waals surface area contributed by atoms with Crippen molar-refractivity contribution in [3.05, 3.63) is 65.2 Å². The molecule has 1 aliphatic heterocycles. The van der Waals surface area contributed by atoms with Crippen LogP contribution in [-0.4, -0.2) is 41.4 Å². The zero-order valence-electron chi connectivity index (χ0n) is 17.9. The number of esters is 1. The van der Waals surface area contributed by atoms with Gasteiger partial charge >= 0.3 is 12.0 Å². The number of nitrogens with zero attached hydrogens (tertiary/aromatic N) is 1. The SMILES string of the molecule is Cc1ccc(NC(=O)[C@@H](C)OC(=O)CN2C(=O)N[C@](C)(c3ccccc3)C2=O)c(C)c1. The van der Waals surface area contributed by atoms with Crippen LogP contribution in [0.2, 0.25) is 0 Å². The minimum Gasteiger partial charge on any atom is -0.451 e. The third kappa shape index (κ3) is 4.58. The normalized spacial score (nSPS) is 19.0. The van der Waals surface area contributed by atoms with Crippen molar-refractivity contribution in [3.63, 3.8) is 0 Å². The summed E-state index contributed by atoms with van der Waals surface area (Å²) in [5.74, 6) is -1.93. The number of nitrogens with one attached hydrogen (secondary N) is 2. The summed E-state index contributed by atoms with van der Waals surface area (Å²) in [6, 6.07) is 13.6. The molecule has 1 fully saturated rings. The van der Waals surface area contributed by atoms with Crippen LogP contribution in [0.4, 0.5) is 10.5 Å². The first-order chi connectivity index (χ1) is 14.6. The number of urea groups is 1. The molecule has 162 valence electrons. The molecule has 8 nitrogen and oxygen atoms in total. The van der Waals surface area contributed by atoms with Gasteiger partial charge in [0.1, 0.15) is 12.1 Å². The molecule has 0 aromatic heterocycles. The fraction of sp³-hybridized carbons (Fsp3) is 0.304. The maximum absolute atomic E-state index is 12.9. The standard InChI is InChI=1S/C23H25N3O5/c1-14-10-11-18(15(2)12-14)24-20(28)16(3)31-19(27)13-26-21(29)23(4,25-22(26)30)17-8-6-5-7-9-17/h5-12,16H,13H2,1-4H3,(H,24,28)(H,25,30)/t16-,23-/m1/s1. The summed E-state index contributed by atoms with van der Waals surface area (Å²) in [4.78, 5) is 50.7. The Hall–Kier alpha value is -3.68. The molecule has 3 rings (SSSR count). The Bertz CT molecular complexity index is 1040. The highest BCUT2D eigenvalue weighted by Crippen LogP contribution is 2.28. The Labute approximate surface area is 180 Å². The first-order valence-electron chi connectivity index (χ1n) is 9.89. The molecule has 2 aromatic rings. The molecule has 0 unspecified atom stereocenters. The average molecular weight is 423 g/mol. The summed E-state index contributed by atoms with van der Waals surface area (Å²) in [6.45, 7) is 6.22. The van der Waals surface area contributed by atoms with Gasteiger partial charge in [0.05, 0.1) is 0 Å². The summed E-state index contributed by atoms with van der Waals surface area (Å²) >= 11 is 0. The van der Waals surface area contributed by atoms with E-state index in [9.17, 15) is 19.2 Å². The number of benzene rings is 2. The lowest BCUT2D eigenvalue weighted by Gasteiger charge is -2.22. The van der Waals surface area contributed by atoms with Crippen molar-refractivity contribution in [2.75, 3.05) is 11.9 Å². The Kier molecular flexibility index (Phi) is 6.10. The van der Waals surface area contributed by atoms with E-state index in [0.717, 1.165) is 16.0 Å². The van der Waals surface area contributed by atoms with E-state index in [1.165, 1.54) is 6.92 Å². The van der Waals surface area contributed by atoms with Crippen LogP contribution in [0.5, 0.6) is 0 Å². The predicted octanol–water partition coefficient (Wildman–Crippen LogP) is 2.64. The molecule has 1 heterocycles. The third-order valence-corrected chi connectivity index (χ3v) is 5.23. The molecular formula is C23H25N3O5. The maximum Gasteiger partial charge on any atom is 0.327 e. The van der Waals surface area contributed by atoms with Crippen LogP contribution in [0.25, 0.3) is 0 Å². The number of amides is 4. The highest BCUT2D eigenvalue weighted by molar-refractivity contribution is 6.09. The van der Waals surface area contributed by atoms with Crippen molar-refractivity contribution in [1.82, 2.24) is 10.2 Å². The number of carbonyl (C=O) groups excluding carboxylic acids is 4. The van der Waals surface area contributed by atoms with Gasteiger partial charge < -0.3 is 15.4 Å². The fourth-order valence-corrected chi connectivity index (χ4v) is 3.41. The predicted molar refractivity (Wildman–Crippen MR) is 114 cm³/mol. The molecule has 2 N–H and O–H groups in total. The molecule has 8 heteroatoms. The molecule has 0 bridgehead atoms. The number of aryl methyl sites for hydroxylation is 2. The van der Waals surface area contributed by atoms with Gasteiger partial charge in [-0.3, -0.25) is 19.3 Å². The van der Waals surface area contributed by atoms with E-state index in [1.807, 2.05) is 26.0 Å². The van der Waals surface area contributed by atoms with Crippen molar-refractivity contribution >= 4 is 29.5 Å². The maximum atomic E-state index is 12.9. The first kappa shape index (κ1) is 22.0. The second-order valence-corrected chi connectivity index (χ2v) is 7.75. The Balaban J connectivity index is 1.61. The summed E-state index contributed by atoms with van der Waals surface area (Å²) in [7, 11) is 0. The minimum absolute atomic E-state index is 0.508. The molecular weight excluding hydrogens is 398 g/mol. The van der Waals surface area contributed by atoms with E-state index in [2.05, 4.69) is 10.6 Å². The Morgan fingerprint density at radius 1 is 1.13 bits per heavy atom. The topological polar surface area (TPSA) is 105 Å². The van der Waals surface area contributed by atoms with E-state index in [-0.39, 0.29) is 0 Å². The quantitative estimate of drug-likeness (QED) is 0.549. The van der Waals surface area contributed by atoms with Crippen LogP contribution in [0.1, 0.15) is 30.5 Å². The summed E-state index contributed by atoms with van der Waals surface area (Å²) in [5, 5.41) is 5.33. The second-order valence-electron chi connectivity index (χ2n) is 7.75. The zero-order chi connectivity index (χ0) is 22.8. The molecule has 2 aromatic carbocycles. The van der Waals surface area contributed by atoms with Gasteiger partial charge in [-0.05, 0) is 44.9 Å². The number of hydrogen-bond donors (Lipinski definition) is 2. The monoisotopic (exact) mass is 423 g/mol. The molecule has 0 radical (unpaired) electrons. The van der Waals surface area contributed by atoms with Gasteiger partial charge in [0, 0.05) is 5.69 Å². The van der Waals surface area contributed by atoms with Crippen LogP contribution >= 0.6 is 0 Å². The van der Waals surface area contributed by atoms with Crippen molar-refractivity contribution in [2.24, 2.45) is 0 Å². The second kappa shape index (κ2) is 8.59. The van der Waals surface area contributed by atoms with Gasteiger partial charge in [-0.1, -0.05) is 48.0 Å². The Morgan fingerprint density at radius 2 is 1.81 bits per heavy atom. The van der Waals surface area contributed by atoms with E-state index in [0.29, 0.717) is 11.3 Å². The number of carbonyl (C=O) groups is 4. The van der Waals surface area contributed by atoms with Crippen LogP contribution in [0.3, 0.4) is 0 Å². The molecule has 2 atom stereocenters. The summed E-state index contributed by atoms with van der Waals surface area (Å²) in [6.07, 6.45) is -1.10. The van der Waals surface area contributed by atoms with Crippen LogP contribution in [0, 0.1) is 13.8 Å². The van der Waals surface area contributed by atoms with Gasteiger partial charge in [0.25, 0.3) is 11.8 Å². The van der Waals surface area contributed by atoms with E-state index in [4.69, 9.17) is 4.74 Å². The van der Waals surface area contributed by atoms with Gasteiger partial charge in [0.2, 0.25) is 0 Å². The minimum atomic E-state index is -1.27. The van der Waals surface area contributed by atoms with E-state index in [1.54, 1.807) is 43.3 Å². The summed E-state index contributed by atoms with van der Waals surface area (Å²) < 4.78 is 5.16. The first-order valence-corrected chi connectivity index (χ1v) is 9.89. The number of hydrogen-bond acceptors (Lipinski definition) is 5. The van der Waals surface area contributed by atoms with Crippen LogP contribution < -0.4 is 10.6 Å².